The Morgan fingerprint density at radius 2 is 1.95 bits per heavy atom. The SMILES string of the molecule is COc1ccc(-c2cc3ccccc3o2)c(C(=O)O)c1. The second-order valence-electron chi connectivity index (χ2n) is 4.37. The number of rotatable bonds is 3. The number of fused-ring (bicyclic) bond motifs is 1. The van der Waals surface area contributed by atoms with Gasteiger partial charge >= 0.3 is 5.97 Å². The predicted molar refractivity (Wildman–Crippen MR) is 75.2 cm³/mol. The maximum absolute atomic E-state index is 11.4. The summed E-state index contributed by atoms with van der Waals surface area (Å²) in [7, 11) is 1.50. The highest BCUT2D eigenvalue weighted by Gasteiger charge is 2.16. The van der Waals surface area contributed by atoms with Crippen molar-refractivity contribution in [2.24, 2.45) is 0 Å². The first-order valence-corrected chi connectivity index (χ1v) is 6.09. The van der Waals surface area contributed by atoms with Gasteiger partial charge in [0.15, 0.2) is 0 Å². The van der Waals surface area contributed by atoms with E-state index in [1.807, 2.05) is 30.3 Å². The summed E-state index contributed by atoms with van der Waals surface area (Å²) in [5, 5.41) is 10.3. The second kappa shape index (κ2) is 4.74. The van der Waals surface area contributed by atoms with Gasteiger partial charge in [0, 0.05) is 10.9 Å². The number of methoxy groups -OCH3 is 1. The molecule has 0 unspecified atom stereocenters. The van der Waals surface area contributed by atoms with Crippen LogP contribution >= 0.6 is 0 Å². The van der Waals surface area contributed by atoms with Crippen LogP contribution in [0.2, 0.25) is 0 Å². The molecular formula is C16H12O4. The molecule has 1 heterocycles. The largest absolute Gasteiger partial charge is 0.497 e. The normalized spacial score (nSPS) is 10.7. The Hall–Kier alpha value is -2.75. The summed E-state index contributed by atoms with van der Waals surface area (Å²) < 4.78 is 10.8. The number of para-hydroxylation sites is 1. The molecule has 0 fully saturated rings. The summed E-state index contributed by atoms with van der Waals surface area (Å²) in [5.74, 6) is 0.0212. The number of furan rings is 1. The van der Waals surface area contributed by atoms with Crippen molar-refractivity contribution < 1.29 is 19.1 Å². The van der Waals surface area contributed by atoms with Crippen molar-refractivity contribution in [3.63, 3.8) is 0 Å². The summed E-state index contributed by atoms with van der Waals surface area (Å²) >= 11 is 0. The number of carbonyl (C=O) groups is 1. The highest BCUT2D eigenvalue weighted by atomic mass is 16.5. The lowest BCUT2D eigenvalue weighted by molar-refractivity contribution is 0.0697. The zero-order valence-electron chi connectivity index (χ0n) is 10.8. The van der Waals surface area contributed by atoms with E-state index in [1.54, 1.807) is 12.1 Å². The Morgan fingerprint density at radius 1 is 1.15 bits per heavy atom. The smallest absolute Gasteiger partial charge is 0.336 e. The minimum atomic E-state index is -1.01. The third-order valence-electron chi connectivity index (χ3n) is 3.15. The molecule has 1 N–H and O–H groups in total. The molecule has 0 amide bonds. The van der Waals surface area contributed by atoms with Gasteiger partial charge in [0.25, 0.3) is 0 Å². The van der Waals surface area contributed by atoms with Crippen LogP contribution in [0.4, 0.5) is 0 Å². The van der Waals surface area contributed by atoms with Crippen molar-refractivity contribution in [1.29, 1.82) is 0 Å². The number of hydrogen-bond acceptors (Lipinski definition) is 3. The van der Waals surface area contributed by atoms with E-state index < -0.39 is 5.97 Å². The van der Waals surface area contributed by atoms with Gasteiger partial charge in [-0.3, -0.25) is 0 Å². The van der Waals surface area contributed by atoms with Crippen LogP contribution in [0, 0.1) is 0 Å². The van der Waals surface area contributed by atoms with Crippen molar-refractivity contribution in [2.45, 2.75) is 0 Å². The fourth-order valence-electron chi connectivity index (χ4n) is 2.16. The van der Waals surface area contributed by atoms with Crippen LogP contribution in [0.25, 0.3) is 22.3 Å². The highest BCUT2D eigenvalue weighted by Crippen LogP contribution is 2.32. The average Bonchev–Trinajstić information content (AvgIpc) is 2.90. The monoisotopic (exact) mass is 268 g/mol. The van der Waals surface area contributed by atoms with E-state index in [-0.39, 0.29) is 5.56 Å². The van der Waals surface area contributed by atoms with Crippen LogP contribution in [0.3, 0.4) is 0 Å². The number of carboxylic acids is 1. The van der Waals surface area contributed by atoms with Gasteiger partial charge in [-0.1, -0.05) is 18.2 Å². The van der Waals surface area contributed by atoms with Crippen molar-refractivity contribution in [1.82, 2.24) is 0 Å². The lowest BCUT2D eigenvalue weighted by atomic mass is 10.0. The molecule has 0 radical (unpaired) electrons. The fraction of sp³-hybridized carbons (Fsp3) is 0.0625. The Kier molecular flexibility index (Phi) is 2.91. The van der Waals surface area contributed by atoms with Crippen molar-refractivity contribution >= 4 is 16.9 Å². The molecule has 0 aliphatic rings. The van der Waals surface area contributed by atoms with Gasteiger partial charge in [0.1, 0.15) is 17.1 Å². The first-order chi connectivity index (χ1) is 9.69. The van der Waals surface area contributed by atoms with Crippen molar-refractivity contribution in [3.8, 4) is 17.1 Å². The summed E-state index contributed by atoms with van der Waals surface area (Å²) in [6.07, 6.45) is 0. The quantitative estimate of drug-likeness (QED) is 0.784. The summed E-state index contributed by atoms with van der Waals surface area (Å²) in [6.45, 7) is 0. The molecule has 0 saturated carbocycles. The maximum atomic E-state index is 11.4. The molecule has 0 atom stereocenters. The zero-order valence-corrected chi connectivity index (χ0v) is 10.8. The zero-order chi connectivity index (χ0) is 14.1. The minimum absolute atomic E-state index is 0.156. The second-order valence-corrected chi connectivity index (χ2v) is 4.37. The molecule has 0 spiro atoms. The van der Waals surface area contributed by atoms with Crippen LogP contribution in [0.15, 0.2) is 52.9 Å². The molecule has 2 aromatic carbocycles. The van der Waals surface area contributed by atoms with Crippen LogP contribution in [0.5, 0.6) is 5.75 Å². The van der Waals surface area contributed by atoms with Gasteiger partial charge in [-0.15, -0.1) is 0 Å². The Bertz CT molecular complexity index is 753. The van der Waals surface area contributed by atoms with Crippen LogP contribution < -0.4 is 4.74 Å². The van der Waals surface area contributed by atoms with Gasteiger partial charge in [-0.05, 0) is 30.3 Å². The number of carboxylic acid groups (broad SMARTS) is 1. The number of hydrogen-bond donors (Lipinski definition) is 1. The topological polar surface area (TPSA) is 59.7 Å². The van der Waals surface area contributed by atoms with Crippen LogP contribution in [-0.4, -0.2) is 18.2 Å². The molecule has 4 nitrogen and oxygen atoms in total. The Balaban J connectivity index is 2.20. The fourth-order valence-corrected chi connectivity index (χ4v) is 2.16. The molecular weight excluding hydrogens is 256 g/mol. The van der Waals surface area contributed by atoms with E-state index in [1.165, 1.54) is 13.2 Å². The third kappa shape index (κ3) is 2.01. The summed E-state index contributed by atoms with van der Waals surface area (Å²) in [5.41, 5.74) is 1.42. The molecule has 1 aromatic heterocycles. The lowest BCUT2D eigenvalue weighted by Crippen LogP contribution is -2.00. The molecule has 3 rings (SSSR count). The Morgan fingerprint density at radius 3 is 2.65 bits per heavy atom. The molecule has 4 heteroatoms. The Labute approximate surface area is 115 Å². The van der Waals surface area contributed by atoms with E-state index in [4.69, 9.17) is 9.15 Å². The number of aromatic carboxylic acids is 1. The van der Waals surface area contributed by atoms with E-state index >= 15 is 0 Å². The average molecular weight is 268 g/mol. The van der Waals surface area contributed by atoms with Gasteiger partial charge < -0.3 is 14.3 Å². The van der Waals surface area contributed by atoms with Gasteiger partial charge in [-0.2, -0.15) is 0 Å². The number of ether oxygens (including phenoxy) is 1. The van der Waals surface area contributed by atoms with Crippen LogP contribution in [0.1, 0.15) is 10.4 Å². The molecule has 0 aliphatic heterocycles. The molecule has 0 bridgehead atoms. The summed E-state index contributed by atoms with van der Waals surface area (Å²) in [6, 6.07) is 14.3. The highest BCUT2D eigenvalue weighted by molar-refractivity contribution is 5.97. The van der Waals surface area contributed by atoms with Gasteiger partial charge in [-0.25, -0.2) is 4.79 Å². The van der Waals surface area contributed by atoms with Crippen molar-refractivity contribution in [3.05, 3.63) is 54.1 Å². The maximum Gasteiger partial charge on any atom is 0.336 e. The van der Waals surface area contributed by atoms with Crippen molar-refractivity contribution in [2.75, 3.05) is 7.11 Å². The molecule has 3 aromatic rings. The van der Waals surface area contributed by atoms with E-state index in [0.29, 0.717) is 17.1 Å². The standard InChI is InChI=1S/C16H12O4/c1-19-11-6-7-12(13(9-11)16(17)18)15-8-10-4-2-3-5-14(10)20-15/h2-9H,1H3,(H,17,18). The number of benzene rings is 2. The van der Waals surface area contributed by atoms with E-state index in [0.717, 1.165) is 11.0 Å². The molecule has 0 saturated heterocycles. The molecule has 100 valence electrons. The van der Waals surface area contributed by atoms with E-state index in [9.17, 15) is 9.90 Å². The lowest BCUT2D eigenvalue weighted by Gasteiger charge is -2.06. The first kappa shape index (κ1) is 12.3. The van der Waals surface area contributed by atoms with E-state index in [2.05, 4.69) is 0 Å². The molecule has 20 heavy (non-hydrogen) atoms. The third-order valence-corrected chi connectivity index (χ3v) is 3.15. The van der Waals surface area contributed by atoms with Gasteiger partial charge in [0.05, 0.1) is 12.7 Å². The minimum Gasteiger partial charge on any atom is -0.497 e. The summed E-state index contributed by atoms with van der Waals surface area (Å²) in [4.78, 5) is 11.4. The predicted octanol–water partition coefficient (Wildman–Crippen LogP) is 3.81. The first-order valence-electron chi connectivity index (χ1n) is 6.09. The van der Waals surface area contributed by atoms with Crippen LogP contribution in [-0.2, 0) is 0 Å². The molecule has 0 aliphatic carbocycles. The van der Waals surface area contributed by atoms with Gasteiger partial charge in [0.2, 0.25) is 0 Å².